The molecule has 1 aromatic heterocycles. The number of nitrogens with zero attached hydrogens (tertiary/aromatic N) is 3. The van der Waals surface area contributed by atoms with E-state index >= 15 is 0 Å². The monoisotopic (exact) mass is 265 g/mol. The van der Waals surface area contributed by atoms with Gasteiger partial charge in [0.2, 0.25) is 0 Å². The first-order valence-electron chi connectivity index (χ1n) is 6.65. The van der Waals surface area contributed by atoms with Gasteiger partial charge >= 0.3 is 0 Å². The number of carbonyl (C=O) groups excluding carboxylic acids is 1. The smallest absolute Gasteiger partial charge is 0.256 e. The fourth-order valence-electron chi connectivity index (χ4n) is 2.35. The van der Waals surface area contributed by atoms with E-state index in [1.807, 2.05) is 0 Å². The van der Waals surface area contributed by atoms with Crippen LogP contribution in [0.4, 0.5) is 5.82 Å². The van der Waals surface area contributed by atoms with E-state index in [2.05, 4.69) is 29.3 Å². The summed E-state index contributed by atoms with van der Waals surface area (Å²) in [7, 11) is 3.86. The molecule has 1 fully saturated rings. The number of hydrogen-bond donors (Lipinski definition) is 2. The lowest BCUT2D eigenvalue weighted by atomic mass is 9.80. The molecule has 106 valence electrons. The molecule has 2 rings (SSSR count). The Hall–Kier alpha value is -1.56. The molecule has 0 radical (unpaired) electrons. The summed E-state index contributed by atoms with van der Waals surface area (Å²) < 4.78 is 1.51. The Balaban J connectivity index is 1.92. The van der Waals surface area contributed by atoms with Gasteiger partial charge in [0.05, 0.1) is 6.20 Å². The van der Waals surface area contributed by atoms with Gasteiger partial charge in [-0.2, -0.15) is 5.10 Å². The summed E-state index contributed by atoms with van der Waals surface area (Å²) in [5, 5.41) is 6.97. The Morgan fingerprint density at radius 1 is 1.47 bits per heavy atom. The fourth-order valence-corrected chi connectivity index (χ4v) is 2.35. The molecule has 0 unspecified atom stereocenters. The van der Waals surface area contributed by atoms with Crippen LogP contribution in [-0.4, -0.2) is 47.3 Å². The average Bonchev–Trinajstić information content (AvgIpc) is 2.72. The van der Waals surface area contributed by atoms with Gasteiger partial charge in [0, 0.05) is 13.6 Å². The third-order valence-corrected chi connectivity index (χ3v) is 4.10. The largest absolute Gasteiger partial charge is 0.383 e. The van der Waals surface area contributed by atoms with Crippen molar-refractivity contribution >= 4 is 11.7 Å². The fraction of sp³-hybridized carbons (Fsp3) is 0.692. The lowest BCUT2D eigenvalue weighted by Gasteiger charge is -2.37. The first-order valence-corrected chi connectivity index (χ1v) is 6.65. The number of rotatable bonds is 3. The number of aryl methyl sites for hydroxylation is 1. The summed E-state index contributed by atoms with van der Waals surface area (Å²) in [5.41, 5.74) is 6.43. The van der Waals surface area contributed by atoms with Crippen LogP contribution in [0.3, 0.4) is 0 Å². The molecule has 1 amide bonds. The van der Waals surface area contributed by atoms with Crippen LogP contribution < -0.4 is 11.1 Å². The lowest BCUT2D eigenvalue weighted by Crippen LogP contribution is -2.43. The molecule has 0 bridgehead atoms. The molecule has 0 spiro atoms. The van der Waals surface area contributed by atoms with Crippen molar-refractivity contribution in [3.63, 3.8) is 0 Å². The SMILES string of the molecule is CN1CCC(C)(CNC(=O)c2cnn(C)c2N)CC1. The summed E-state index contributed by atoms with van der Waals surface area (Å²) >= 11 is 0. The third-order valence-electron chi connectivity index (χ3n) is 4.10. The van der Waals surface area contributed by atoms with Crippen molar-refractivity contribution < 1.29 is 4.79 Å². The van der Waals surface area contributed by atoms with Gasteiger partial charge in [-0.15, -0.1) is 0 Å². The molecule has 3 N–H and O–H groups in total. The van der Waals surface area contributed by atoms with Crippen molar-refractivity contribution in [3.05, 3.63) is 11.8 Å². The second kappa shape index (κ2) is 5.21. The van der Waals surface area contributed by atoms with Crippen molar-refractivity contribution in [1.29, 1.82) is 0 Å². The minimum Gasteiger partial charge on any atom is -0.383 e. The van der Waals surface area contributed by atoms with Crippen molar-refractivity contribution in [1.82, 2.24) is 20.0 Å². The summed E-state index contributed by atoms with van der Waals surface area (Å²) in [5.74, 6) is 0.275. The number of hydrogen-bond acceptors (Lipinski definition) is 4. The van der Waals surface area contributed by atoms with E-state index in [1.54, 1.807) is 7.05 Å². The molecule has 0 atom stereocenters. The molecule has 6 nitrogen and oxygen atoms in total. The van der Waals surface area contributed by atoms with Crippen molar-refractivity contribution in [3.8, 4) is 0 Å². The topological polar surface area (TPSA) is 76.2 Å². The van der Waals surface area contributed by atoms with Gasteiger partial charge in [-0.3, -0.25) is 9.48 Å². The second-order valence-electron chi connectivity index (χ2n) is 5.86. The quantitative estimate of drug-likeness (QED) is 0.832. The van der Waals surface area contributed by atoms with E-state index in [4.69, 9.17) is 5.73 Å². The highest BCUT2D eigenvalue weighted by molar-refractivity contribution is 5.98. The molecule has 6 heteroatoms. The molecule has 2 heterocycles. The highest BCUT2D eigenvalue weighted by Crippen LogP contribution is 2.29. The molecular formula is C13H23N5O. The minimum atomic E-state index is -0.134. The molecule has 1 aliphatic rings. The Labute approximate surface area is 113 Å². The minimum absolute atomic E-state index is 0.134. The lowest BCUT2D eigenvalue weighted by molar-refractivity contribution is 0.0892. The first-order chi connectivity index (χ1) is 8.91. The van der Waals surface area contributed by atoms with Gasteiger partial charge in [0.1, 0.15) is 11.4 Å². The van der Waals surface area contributed by atoms with Gasteiger partial charge < -0.3 is 16.0 Å². The highest BCUT2D eigenvalue weighted by Gasteiger charge is 2.29. The maximum Gasteiger partial charge on any atom is 0.256 e. The van der Waals surface area contributed by atoms with Gasteiger partial charge in [0.25, 0.3) is 5.91 Å². The summed E-state index contributed by atoms with van der Waals surface area (Å²) in [6, 6.07) is 0. The molecule has 1 aliphatic heterocycles. The second-order valence-corrected chi connectivity index (χ2v) is 5.86. The van der Waals surface area contributed by atoms with E-state index in [1.165, 1.54) is 10.9 Å². The number of nitrogens with one attached hydrogen (secondary N) is 1. The van der Waals surface area contributed by atoms with Crippen LogP contribution >= 0.6 is 0 Å². The Morgan fingerprint density at radius 3 is 2.63 bits per heavy atom. The molecular weight excluding hydrogens is 242 g/mol. The average molecular weight is 265 g/mol. The van der Waals surface area contributed by atoms with Crippen LogP contribution in [0.25, 0.3) is 0 Å². The predicted octanol–water partition coefficient (Wildman–Crippen LogP) is 0.464. The van der Waals surface area contributed by atoms with Crippen LogP contribution in [0.1, 0.15) is 30.1 Å². The van der Waals surface area contributed by atoms with Gasteiger partial charge in [0.15, 0.2) is 0 Å². The van der Waals surface area contributed by atoms with E-state index in [-0.39, 0.29) is 11.3 Å². The zero-order valence-corrected chi connectivity index (χ0v) is 11.9. The number of carbonyl (C=O) groups is 1. The summed E-state index contributed by atoms with van der Waals surface area (Å²) in [6.45, 7) is 5.09. The molecule has 1 saturated heterocycles. The Kier molecular flexibility index (Phi) is 3.80. The van der Waals surface area contributed by atoms with Crippen LogP contribution in [0.2, 0.25) is 0 Å². The zero-order chi connectivity index (χ0) is 14.0. The zero-order valence-electron chi connectivity index (χ0n) is 11.9. The maximum absolute atomic E-state index is 12.1. The number of nitrogens with two attached hydrogens (primary N) is 1. The van der Waals surface area contributed by atoms with Crippen molar-refractivity contribution in [2.45, 2.75) is 19.8 Å². The van der Waals surface area contributed by atoms with E-state index in [0.29, 0.717) is 17.9 Å². The van der Waals surface area contributed by atoms with Gasteiger partial charge in [-0.25, -0.2) is 0 Å². The predicted molar refractivity (Wildman–Crippen MR) is 74.8 cm³/mol. The number of amides is 1. The molecule has 1 aromatic rings. The van der Waals surface area contributed by atoms with Crippen LogP contribution in [0, 0.1) is 5.41 Å². The van der Waals surface area contributed by atoms with Crippen LogP contribution in [-0.2, 0) is 7.05 Å². The molecule has 0 aromatic carbocycles. The summed E-state index contributed by atoms with van der Waals surface area (Å²) in [6.07, 6.45) is 3.72. The van der Waals surface area contributed by atoms with Crippen LogP contribution in [0.5, 0.6) is 0 Å². The number of piperidine rings is 1. The van der Waals surface area contributed by atoms with E-state index in [0.717, 1.165) is 25.9 Å². The standard InChI is InChI=1S/C13H23N5O/c1-13(4-6-17(2)7-5-13)9-15-12(19)10-8-16-18(3)11(10)14/h8H,4-7,9,14H2,1-3H3,(H,15,19). The maximum atomic E-state index is 12.1. The van der Waals surface area contributed by atoms with Crippen LogP contribution in [0.15, 0.2) is 6.20 Å². The number of aromatic nitrogens is 2. The summed E-state index contributed by atoms with van der Waals surface area (Å²) in [4.78, 5) is 14.4. The molecule has 0 saturated carbocycles. The van der Waals surface area contributed by atoms with Crippen molar-refractivity contribution in [2.24, 2.45) is 12.5 Å². The van der Waals surface area contributed by atoms with Crippen molar-refractivity contribution in [2.75, 3.05) is 32.4 Å². The Bertz CT molecular complexity index is 460. The van der Waals surface area contributed by atoms with Gasteiger partial charge in [-0.05, 0) is 38.4 Å². The molecule has 19 heavy (non-hydrogen) atoms. The van der Waals surface area contributed by atoms with Gasteiger partial charge in [-0.1, -0.05) is 6.92 Å². The normalized spacial score (nSPS) is 19.3. The van der Waals surface area contributed by atoms with E-state index < -0.39 is 0 Å². The number of likely N-dealkylation sites (tertiary alicyclic amines) is 1. The highest BCUT2D eigenvalue weighted by atomic mass is 16.1. The third kappa shape index (κ3) is 3.07. The van der Waals surface area contributed by atoms with E-state index in [9.17, 15) is 4.79 Å². The number of anilines is 1. The molecule has 0 aliphatic carbocycles. The number of nitrogen functional groups attached to an aromatic ring is 1. The first kappa shape index (κ1) is 13.9. The Morgan fingerprint density at radius 2 is 2.11 bits per heavy atom.